The van der Waals surface area contributed by atoms with Crippen molar-refractivity contribution in [2.45, 2.75) is 19.5 Å². The number of carbonyl (C=O) groups is 2. The molecule has 4 aromatic rings. The lowest BCUT2D eigenvalue weighted by Gasteiger charge is -2.45. The molecule has 0 N–H and O–H groups in total. The fourth-order valence-electron chi connectivity index (χ4n) is 6.00. The second-order valence-corrected chi connectivity index (χ2v) is 10.6. The molecule has 1 spiro atoms. The molecule has 9 heteroatoms. The minimum absolute atomic E-state index is 0.146. The number of hydrogen-bond acceptors (Lipinski definition) is 9. The Kier molecular flexibility index (Phi) is 8.31. The van der Waals surface area contributed by atoms with Crippen molar-refractivity contribution in [1.29, 1.82) is 0 Å². The molecule has 2 aliphatic rings. The van der Waals surface area contributed by atoms with Crippen LogP contribution >= 0.6 is 0 Å². The maximum absolute atomic E-state index is 14.3. The van der Waals surface area contributed by atoms with E-state index in [0.29, 0.717) is 28.7 Å². The number of para-hydroxylation sites is 2. The Bertz CT molecular complexity index is 1820. The molecular weight excluding hydrogens is 580 g/mol. The molecule has 1 atom stereocenters. The first kappa shape index (κ1) is 30.2. The SMILES string of the molecule is CCOC(=O)C1=CN(c2ccc(OC)cc2)C(=C(C)C(=O)OC)C12N(c1ccccc1)N=C(c1ccccc1)N2c1ccccc1. The van der Waals surface area contributed by atoms with Gasteiger partial charge in [-0.1, -0.05) is 66.7 Å². The quantitative estimate of drug-likeness (QED) is 0.165. The van der Waals surface area contributed by atoms with Gasteiger partial charge in [0.2, 0.25) is 5.66 Å². The van der Waals surface area contributed by atoms with Crippen LogP contribution < -0.4 is 19.5 Å². The third-order valence-corrected chi connectivity index (χ3v) is 7.98. The van der Waals surface area contributed by atoms with Crippen LogP contribution in [0.15, 0.2) is 143 Å². The molecule has 0 bridgehead atoms. The largest absolute Gasteiger partial charge is 0.497 e. The van der Waals surface area contributed by atoms with Crippen LogP contribution in [-0.4, -0.2) is 44.3 Å². The molecule has 4 aromatic carbocycles. The molecule has 2 heterocycles. The highest BCUT2D eigenvalue weighted by Crippen LogP contribution is 2.53. The van der Waals surface area contributed by atoms with Crippen LogP contribution in [0.3, 0.4) is 0 Å². The van der Waals surface area contributed by atoms with Gasteiger partial charge in [-0.05, 0) is 62.4 Å². The van der Waals surface area contributed by atoms with Gasteiger partial charge in [0.15, 0.2) is 5.84 Å². The number of amidine groups is 1. The van der Waals surface area contributed by atoms with E-state index in [9.17, 15) is 9.59 Å². The summed E-state index contributed by atoms with van der Waals surface area (Å²) < 4.78 is 16.5. The average Bonchev–Trinajstić information content (AvgIpc) is 3.65. The summed E-state index contributed by atoms with van der Waals surface area (Å²) in [6.07, 6.45) is 1.73. The third-order valence-electron chi connectivity index (χ3n) is 7.98. The molecule has 0 fully saturated rings. The molecule has 232 valence electrons. The van der Waals surface area contributed by atoms with Crippen molar-refractivity contribution in [1.82, 2.24) is 0 Å². The van der Waals surface area contributed by atoms with Crippen LogP contribution in [0.4, 0.5) is 17.1 Å². The lowest BCUT2D eigenvalue weighted by Crippen LogP contribution is -2.61. The van der Waals surface area contributed by atoms with Crippen molar-refractivity contribution in [2.75, 3.05) is 35.6 Å². The summed E-state index contributed by atoms with van der Waals surface area (Å²) in [6.45, 7) is 3.61. The Morgan fingerprint density at radius 2 is 1.35 bits per heavy atom. The average molecular weight is 615 g/mol. The zero-order valence-corrected chi connectivity index (χ0v) is 26.1. The van der Waals surface area contributed by atoms with Gasteiger partial charge in [0, 0.05) is 23.1 Å². The van der Waals surface area contributed by atoms with E-state index in [2.05, 4.69) is 0 Å². The number of methoxy groups -OCH3 is 2. The van der Waals surface area contributed by atoms with Crippen LogP contribution in [0.1, 0.15) is 19.4 Å². The number of esters is 2. The molecule has 0 radical (unpaired) electrons. The van der Waals surface area contributed by atoms with E-state index >= 15 is 0 Å². The number of ether oxygens (including phenoxy) is 3. The summed E-state index contributed by atoms with van der Waals surface area (Å²) in [7, 11) is 2.94. The molecule has 2 aliphatic heterocycles. The summed E-state index contributed by atoms with van der Waals surface area (Å²) in [4.78, 5) is 31.8. The minimum atomic E-state index is -1.54. The van der Waals surface area contributed by atoms with Crippen molar-refractivity contribution < 1.29 is 23.8 Å². The van der Waals surface area contributed by atoms with Crippen LogP contribution in [-0.2, 0) is 19.1 Å². The Morgan fingerprint density at radius 1 is 0.761 bits per heavy atom. The first-order chi connectivity index (χ1) is 22.4. The van der Waals surface area contributed by atoms with Gasteiger partial charge < -0.3 is 19.1 Å². The molecule has 0 amide bonds. The second kappa shape index (κ2) is 12.6. The molecule has 0 aliphatic carbocycles. The Hall–Kier alpha value is -5.83. The lowest BCUT2D eigenvalue weighted by molar-refractivity contribution is -0.139. The van der Waals surface area contributed by atoms with Gasteiger partial charge in [0.05, 0.1) is 37.8 Å². The zero-order chi connectivity index (χ0) is 32.3. The fourth-order valence-corrected chi connectivity index (χ4v) is 6.00. The number of rotatable bonds is 8. The summed E-state index contributed by atoms with van der Waals surface area (Å²) in [5.74, 6) is 0.119. The number of hydrogen-bond donors (Lipinski definition) is 0. The van der Waals surface area contributed by atoms with Gasteiger partial charge in [-0.2, -0.15) is 5.10 Å². The molecule has 0 saturated carbocycles. The van der Waals surface area contributed by atoms with Gasteiger partial charge in [-0.25, -0.2) is 14.6 Å². The standard InChI is InChI=1S/C37H34N4O5/c1-5-46-36(43)32-25-39(28-21-23-31(44-3)24-22-28)33(26(2)35(42)45-4)37(32)40(29-17-11-7-12-18-29)34(27-15-9-6-10-16-27)38-41(37)30-19-13-8-14-20-30/h6-25H,5H2,1-4H3. The van der Waals surface area contributed by atoms with Crippen molar-refractivity contribution >= 4 is 34.8 Å². The van der Waals surface area contributed by atoms with E-state index in [1.165, 1.54) is 7.11 Å². The van der Waals surface area contributed by atoms with Crippen LogP contribution in [0.2, 0.25) is 0 Å². The molecular formula is C37H34N4O5. The summed E-state index contributed by atoms with van der Waals surface area (Å²) >= 11 is 0. The highest BCUT2D eigenvalue weighted by atomic mass is 16.5. The van der Waals surface area contributed by atoms with E-state index in [0.717, 1.165) is 11.3 Å². The van der Waals surface area contributed by atoms with Crippen molar-refractivity contribution in [2.24, 2.45) is 5.10 Å². The number of benzene rings is 4. The van der Waals surface area contributed by atoms with Gasteiger partial charge in [0.25, 0.3) is 0 Å². The number of hydrazone groups is 1. The van der Waals surface area contributed by atoms with E-state index in [4.69, 9.17) is 19.3 Å². The Morgan fingerprint density at radius 3 is 1.91 bits per heavy atom. The number of nitrogens with zero attached hydrogens (tertiary/aromatic N) is 4. The molecule has 9 nitrogen and oxygen atoms in total. The van der Waals surface area contributed by atoms with Crippen molar-refractivity contribution in [3.05, 3.63) is 144 Å². The maximum Gasteiger partial charge on any atom is 0.340 e. The molecule has 0 aromatic heterocycles. The van der Waals surface area contributed by atoms with Crippen LogP contribution in [0.25, 0.3) is 0 Å². The second-order valence-electron chi connectivity index (χ2n) is 10.6. The van der Waals surface area contributed by atoms with Gasteiger partial charge >= 0.3 is 11.9 Å². The third kappa shape index (κ3) is 4.95. The molecule has 46 heavy (non-hydrogen) atoms. The first-order valence-electron chi connectivity index (χ1n) is 14.9. The van der Waals surface area contributed by atoms with Crippen LogP contribution in [0.5, 0.6) is 5.75 Å². The van der Waals surface area contributed by atoms with Crippen LogP contribution in [0, 0.1) is 0 Å². The normalized spacial score (nSPS) is 18.3. The molecule has 1 unspecified atom stereocenters. The highest BCUT2D eigenvalue weighted by Gasteiger charge is 2.63. The fraction of sp³-hybridized carbons (Fsp3) is 0.162. The Labute approximate surface area is 268 Å². The zero-order valence-electron chi connectivity index (χ0n) is 26.1. The van der Waals surface area contributed by atoms with Gasteiger partial charge in [-0.3, -0.25) is 4.90 Å². The number of carbonyl (C=O) groups excluding carboxylic acids is 2. The van der Waals surface area contributed by atoms with E-state index in [1.807, 2.05) is 125 Å². The summed E-state index contributed by atoms with van der Waals surface area (Å²) in [5.41, 5.74) is 2.37. The Balaban J connectivity index is 1.76. The predicted octanol–water partition coefficient (Wildman–Crippen LogP) is 6.49. The van der Waals surface area contributed by atoms with E-state index in [-0.39, 0.29) is 17.8 Å². The minimum Gasteiger partial charge on any atom is -0.497 e. The van der Waals surface area contributed by atoms with Gasteiger partial charge in [-0.15, -0.1) is 0 Å². The van der Waals surface area contributed by atoms with Gasteiger partial charge in [0.1, 0.15) is 11.3 Å². The summed E-state index contributed by atoms with van der Waals surface area (Å²) in [5, 5.41) is 7.08. The van der Waals surface area contributed by atoms with Crippen molar-refractivity contribution in [3.8, 4) is 5.75 Å². The number of anilines is 3. The maximum atomic E-state index is 14.3. The van der Waals surface area contributed by atoms with E-state index in [1.54, 1.807) is 32.2 Å². The smallest absolute Gasteiger partial charge is 0.340 e. The predicted molar refractivity (Wildman–Crippen MR) is 178 cm³/mol. The topological polar surface area (TPSA) is 83.9 Å². The summed E-state index contributed by atoms with van der Waals surface area (Å²) in [6, 6.07) is 36.4. The lowest BCUT2D eigenvalue weighted by atomic mass is 9.91. The highest BCUT2D eigenvalue weighted by molar-refractivity contribution is 6.18. The van der Waals surface area contributed by atoms with Crippen molar-refractivity contribution in [3.63, 3.8) is 0 Å². The first-order valence-corrected chi connectivity index (χ1v) is 14.9. The monoisotopic (exact) mass is 614 g/mol. The molecule has 6 rings (SSSR count). The molecule has 0 saturated heterocycles. The van der Waals surface area contributed by atoms with E-state index < -0.39 is 17.6 Å².